The zero-order chi connectivity index (χ0) is 34.9. The van der Waals surface area contributed by atoms with Gasteiger partial charge < -0.3 is 19.9 Å². The van der Waals surface area contributed by atoms with Crippen LogP contribution >= 0.6 is 12.6 Å². The molecule has 1 saturated heterocycles. The Kier molecular flexibility index (Phi) is 12.6. The van der Waals surface area contributed by atoms with E-state index in [-0.39, 0.29) is 37.5 Å². The molecule has 4 atom stereocenters. The molecular weight excluding hydrogens is 630 g/mol. The number of nitrogens with one attached hydrogen (secondary N) is 1. The van der Waals surface area contributed by atoms with Gasteiger partial charge in [-0.05, 0) is 57.2 Å². The third kappa shape index (κ3) is 8.90. The van der Waals surface area contributed by atoms with Gasteiger partial charge in [-0.3, -0.25) is 14.9 Å². The van der Waals surface area contributed by atoms with E-state index in [1.165, 1.54) is 0 Å². The summed E-state index contributed by atoms with van der Waals surface area (Å²) >= 11 is 4.32. The molecular formula is C37H45N3O7S. The Hall–Kier alpha value is -4.03. The van der Waals surface area contributed by atoms with Gasteiger partial charge in [0, 0.05) is 12.3 Å². The summed E-state index contributed by atoms with van der Waals surface area (Å²) in [6, 6.07) is 27.8. The smallest absolute Gasteiger partial charge is 0.417 e. The molecule has 11 heteroatoms. The number of hydrogen-bond acceptors (Lipinski definition) is 10. The van der Waals surface area contributed by atoms with E-state index in [4.69, 9.17) is 19.9 Å². The van der Waals surface area contributed by atoms with Crippen molar-refractivity contribution in [2.24, 2.45) is 5.73 Å². The van der Waals surface area contributed by atoms with E-state index >= 15 is 0 Å². The van der Waals surface area contributed by atoms with Crippen LogP contribution in [0.4, 0.5) is 4.79 Å². The summed E-state index contributed by atoms with van der Waals surface area (Å²) in [5, 5.41) is 3.70. The molecule has 1 heterocycles. The fourth-order valence-corrected chi connectivity index (χ4v) is 5.81. The highest BCUT2D eigenvalue weighted by Crippen LogP contribution is 2.38. The maximum atomic E-state index is 14.0. The number of ether oxygens (including phenoxy) is 3. The Labute approximate surface area is 287 Å². The van der Waals surface area contributed by atoms with Crippen molar-refractivity contribution in [1.82, 2.24) is 10.2 Å². The van der Waals surface area contributed by atoms with Gasteiger partial charge in [0.15, 0.2) is 18.0 Å². The molecule has 256 valence electrons. The summed E-state index contributed by atoms with van der Waals surface area (Å²) in [4.78, 5) is 53.9. The van der Waals surface area contributed by atoms with Gasteiger partial charge in [-0.2, -0.15) is 12.6 Å². The van der Waals surface area contributed by atoms with Crippen molar-refractivity contribution in [3.63, 3.8) is 0 Å². The zero-order valence-electron chi connectivity index (χ0n) is 27.8. The second kappa shape index (κ2) is 16.4. The van der Waals surface area contributed by atoms with Crippen molar-refractivity contribution >= 4 is 36.4 Å². The van der Waals surface area contributed by atoms with Gasteiger partial charge in [0.05, 0.1) is 24.2 Å². The Balaban J connectivity index is 1.68. The minimum atomic E-state index is -1.16. The number of carbonyl (C=O) groups excluding carboxylic acids is 4. The lowest BCUT2D eigenvalue weighted by Gasteiger charge is -2.40. The van der Waals surface area contributed by atoms with E-state index in [0.29, 0.717) is 0 Å². The van der Waals surface area contributed by atoms with Crippen LogP contribution in [0.15, 0.2) is 91.0 Å². The number of Topliss-reactive ketones (excluding diaryl/α,β-unsaturated/α-hetero) is 1. The van der Waals surface area contributed by atoms with Crippen LogP contribution in [0.5, 0.6) is 0 Å². The second-order valence-electron chi connectivity index (χ2n) is 12.6. The van der Waals surface area contributed by atoms with Crippen molar-refractivity contribution in [2.45, 2.75) is 76.0 Å². The molecule has 1 aliphatic rings. The van der Waals surface area contributed by atoms with Crippen LogP contribution in [0.1, 0.15) is 57.2 Å². The molecule has 0 radical (unpaired) electrons. The Morgan fingerprint density at radius 2 is 1.38 bits per heavy atom. The monoisotopic (exact) mass is 675 g/mol. The molecule has 0 spiro atoms. The number of benzene rings is 3. The van der Waals surface area contributed by atoms with Crippen molar-refractivity contribution in [3.05, 3.63) is 108 Å². The summed E-state index contributed by atoms with van der Waals surface area (Å²) in [5.74, 6) is -1.52. The van der Waals surface area contributed by atoms with E-state index in [9.17, 15) is 19.2 Å². The number of ketones is 1. The average molecular weight is 676 g/mol. The van der Waals surface area contributed by atoms with Gasteiger partial charge in [-0.1, -0.05) is 91.0 Å². The molecule has 0 bridgehead atoms. The first-order valence-corrected chi connectivity index (χ1v) is 16.8. The highest BCUT2D eigenvalue weighted by atomic mass is 32.1. The van der Waals surface area contributed by atoms with Gasteiger partial charge >= 0.3 is 12.1 Å². The maximum absolute atomic E-state index is 14.0. The lowest BCUT2D eigenvalue weighted by molar-refractivity contribution is -0.145. The fourth-order valence-electron chi connectivity index (χ4n) is 5.63. The SMILES string of the molecule is CCOC(=O)[C@H]1O[C@@H]1C(=O)N(CCC[C@H](NC(c1ccccc1)(c1ccccc1)c1ccccc1)C(=O)[C@@H](N)CS)C(=O)OC(C)(C)C. The largest absolute Gasteiger partial charge is 0.464 e. The topological polar surface area (TPSA) is 141 Å². The number of carbonyl (C=O) groups is 4. The average Bonchev–Trinajstić information content (AvgIpc) is 3.89. The van der Waals surface area contributed by atoms with Crippen molar-refractivity contribution in [3.8, 4) is 0 Å². The number of esters is 1. The number of thiol groups is 1. The standard InChI is InChI=1S/C37H45N3O7S/c1-5-45-34(43)32-31(46-32)33(42)40(35(44)47-36(2,3)4)23-15-22-29(30(41)28(38)24-48)39-37(25-16-9-6-10-17-25,26-18-11-7-12-19-26)27-20-13-8-14-21-27/h6-14,16-21,28-29,31-32,39,48H,5,15,22-24,38H2,1-4H3/t28-,29-,31-,32-/m0/s1. The second-order valence-corrected chi connectivity index (χ2v) is 12.9. The third-order valence-electron chi connectivity index (χ3n) is 7.93. The summed E-state index contributed by atoms with van der Waals surface area (Å²) in [6.45, 7) is 6.75. The predicted octanol–water partition coefficient (Wildman–Crippen LogP) is 4.64. The van der Waals surface area contributed by atoms with Crippen LogP contribution in [-0.2, 0) is 34.1 Å². The molecule has 3 N–H and O–H groups in total. The minimum absolute atomic E-state index is 0.0975. The maximum Gasteiger partial charge on any atom is 0.417 e. The van der Waals surface area contributed by atoms with Crippen LogP contribution < -0.4 is 11.1 Å². The number of nitrogens with zero attached hydrogens (tertiary/aromatic N) is 1. The predicted molar refractivity (Wildman–Crippen MR) is 185 cm³/mol. The van der Waals surface area contributed by atoms with Crippen LogP contribution in [0.25, 0.3) is 0 Å². The third-order valence-corrected chi connectivity index (χ3v) is 8.32. The van der Waals surface area contributed by atoms with E-state index in [1.54, 1.807) is 27.7 Å². The van der Waals surface area contributed by atoms with Crippen LogP contribution in [0, 0.1) is 0 Å². The summed E-state index contributed by atoms with van der Waals surface area (Å²) < 4.78 is 15.8. The summed E-state index contributed by atoms with van der Waals surface area (Å²) in [5.41, 5.74) is 7.15. The molecule has 1 fully saturated rings. The number of rotatable bonds is 15. The number of hydrogen-bond donors (Lipinski definition) is 3. The van der Waals surface area contributed by atoms with Gasteiger partial charge in [0.1, 0.15) is 5.60 Å². The van der Waals surface area contributed by atoms with E-state index in [0.717, 1.165) is 21.6 Å². The first-order chi connectivity index (χ1) is 22.9. The molecule has 2 amide bonds. The first-order valence-electron chi connectivity index (χ1n) is 16.1. The highest BCUT2D eigenvalue weighted by Gasteiger charge is 2.54. The Morgan fingerprint density at radius 1 is 0.875 bits per heavy atom. The fraction of sp³-hybridized carbons (Fsp3) is 0.405. The molecule has 0 aromatic heterocycles. The lowest BCUT2D eigenvalue weighted by Crippen LogP contribution is -2.56. The Bertz CT molecular complexity index is 1440. The van der Waals surface area contributed by atoms with Crippen molar-refractivity contribution in [2.75, 3.05) is 18.9 Å². The first kappa shape index (κ1) is 36.8. The molecule has 10 nitrogen and oxygen atoms in total. The van der Waals surface area contributed by atoms with Crippen LogP contribution in [0.2, 0.25) is 0 Å². The molecule has 1 aliphatic heterocycles. The van der Waals surface area contributed by atoms with Gasteiger partial charge in [-0.25, -0.2) is 14.5 Å². The molecule has 3 aromatic carbocycles. The van der Waals surface area contributed by atoms with Crippen molar-refractivity contribution in [1.29, 1.82) is 0 Å². The minimum Gasteiger partial charge on any atom is -0.464 e. The molecule has 0 unspecified atom stereocenters. The molecule has 48 heavy (non-hydrogen) atoms. The normalized spacial score (nSPS) is 17.1. The van der Waals surface area contributed by atoms with Crippen LogP contribution in [-0.4, -0.2) is 77.5 Å². The zero-order valence-corrected chi connectivity index (χ0v) is 28.7. The van der Waals surface area contributed by atoms with E-state index in [2.05, 4.69) is 17.9 Å². The molecule has 3 aromatic rings. The van der Waals surface area contributed by atoms with Gasteiger partial charge in [0.25, 0.3) is 5.91 Å². The van der Waals surface area contributed by atoms with E-state index < -0.39 is 53.4 Å². The molecule has 4 rings (SSSR count). The molecule has 0 aliphatic carbocycles. The number of amides is 2. The molecule has 0 saturated carbocycles. The highest BCUT2D eigenvalue weighted by molar-refractivity contribution is 7.80. The number of epoxide rings is 1. The lowest BCUT2D eigenvalue weighted by atomic mass is 9.76. The quantitative estimate of drug-likeness (QED) is 0.0910. The Morgan fingerprint density at radius 3 is 1.81 bits per heavy atom. The van der Waals surface area contributed by atoms with Crippen LogP contribution in [0.3, 0.4) is 0 Å². The van der Waals surface area contributed by atoms with Gasteiger partial charge in [0.2, 0.25) is 0 Å². The number of nitrogens with two attached hydrogens (primary N) is 1. The summed E-state index contributed by atoms with van der Waals surface area (Å²) in [7, 11) is 0. The summed E-state index contributed by atoms with van der Waals surface area (Å²) in [6.07, 6.45) is -2.71. The van der Waals surface area contributed by atoms with E-state index in [1.807, 2.05) is 91.0 Å². The van der Waals surface area contributed by atoms with Crippen molar-refractivity contribution < 1.29 is 33.4 Å². The number of imide groups is 1. The van der Waals surface area contributed by atoms with Gasteiger partial charge in [-0.15, -0.1) is 0 Å².